The lowest BCUT2D eigenvalue weighted by Crippen LogP contribution is -2.35. The van der Waals surface area contributed by atoms with Gasteiger partial charge in [0.1, 0.15) is 11.6 Å². The van der Waals surface area contributed by atoms with Crippen LogP contribution >= 0.6 is 0 Å². The third-order valence-electron chi connectivity index (χ3n) is 3.64. The molecule has 1 aromatic carbocycles. The number of aryl methyl sites for hydroxylation is 2. The zero-order valence-corrected chi connectivity index (χ0v) is 13.2. The minimum absolute atomic E-state index is 0.356. The minimum Gasteiger partial charge on any atom is -0.477 e. The number of rotatable bonds is 4. The number of carboxylic acids is 1. The summed E-state index contributed by atoms with van der Waals surface area (Å²) in [6.07, 6.45) is 0. The van der Waals surface area contributed by atoms with Crippen molar-refractivity contribution in [3.63, 3.8) is 0 Å². The van der Waals surface area contributed by atoms with Crippen LogP contribution in [0.1, 0.15) is 34.6 Å². The van der Waals surface area contributed by atoms with E-state index in [-0.39, 0.29) is 11.5 Å². The van der Waals surface area contributed by atoms with Crippen molar-refractivity contribution in [3.8, 4) is 0 Å². The molecule has 0 aliphatic rings. The second-order valence-corrected chi connectivity index (χ2v) is 5.40. The van der Waals surface area contributed by atoms with Crippen LogP contribution in [0.3, 0.4) is 0 Å². The second-order valence-electron chi connectivity index (χ2n) is 5.40. The van der Waals surface area contributed by atoms with Crippen molar-refractivity contribution < 1.29 is 14.7 Å². The molecule has 1 unspecified atom stereocenters. The van der Waals surface area contributed by atoms with E-state index in [0.29, 0.717) is 11.4 Å². The summed E-state index contributed by atoms with van der Waals surface area (Å²) in [6, 6.07) is 9.20. The van der Waals surface area contributed by atoms with E-state index >= 15 is 0 Å². The van der Waals surface area contributed by atoms with Crippen LogP contribution < -0.4 is 10.9 Å². The van der Waals surface area contributed by atoms with Gasteiger partial charge in [0.05, 0.1) is 0 Å². The molecule has 120 valence electrons. The number of carboxylic acid groups (broad SMARTS) is 1. The van der Waals surface area contributed by atoms with Gasteiger partial charge in [-0.15, -0.1) is 0 Å². The first-order chi connectivity index (χ1) is 10.8. The smallest absolute Gasteiger partial charge is 0.341 e. The molecule has 0 aliphatic carbocycles. The molecule has 1 aromatic heterocycles. The van der Waals surface area contributed by atoms with E-state index in [2.05, 4.69) is 5.32 Å². The molecule has 2 rings (SSSR count). The molecule has 1 heterocycles. The number of anilines is 1. The van der Waals surface area contributed by atoms with E-state index < -0.39 is 17.6 Å². The van der Waals surface area contributed by atoms with Crippen molar-refractivity contribution in [1.29, 1.82) is 0 Å². The first-order valence-electron chi connectivity index (χ1n) is 7.14. The fraction of sp³-hybridized carbons (Fsp3) is 0.235. The highest BCUT2D eigenvalue weighted by Gasteiger charge is 2.21. The van der Waals surface area contributed by atoms with Gasteiger partial charge in [-0.2, -0.15) is 0 Å². The molecule has 0 aliphatic heterocycles. The molecule has 6 nitrogen and oxygen atoms in total. The van der Waals surface area contributed by atoms with Crippen molar-refractivity contribution in [2.24, 2.45) is 0 Å². The van der Waals surface area contributed by atoms with E-state index in [1.165, 1.54) is 16.7 Å². The topological polar surface area (TPSA) is 88.4 Å². The van der Waals surface area contributed by atoms with Gasteiger partial charge in [0, 0.05) is 11.4 Å². The zero-order valence-electron chi connectivity index (χ0n) is 13.2. The average molecular weight is 314 g/mol. The molecule has 2 aromatic rings. The number of hydrogen-bond acceptors (Lipinski definition) is 3. The lowest BCUT2D eigenvalue weighted by atomic mass is 10.2. The number of benzene rings is 1. The Morgan fingerprint density at radius 2 is 1.70 bits per heavy atom. The first-order valence-corrected chi connectivity index (χ1v) is 7.14. The Morgan fingerprint density at radius 1 is 1.09 bits per heavy atom. The van der Waals surface area contributed by atoms with Crippen LogP contribution in [0, 0.1) is 13.8 Å². The highest BCUT2D eigenvalue weighted by Crippen LogP contribution is 2.14. The molecular weight excluding hydrogens is 296 g/mol. The Labute approximate surface area is 133 Å². The normalized spacial score (nSPS) is 11.8. The van der Waals surface area contributed by atoms with Crippen molar-refractivity contribution in [2.45, 2.75) is 26.8 Å². The molecule has 0 saturated carbocycles. The number of hydrogen-bond donors (Lipinski definition) is 2. The molecule has 6 heteroatoms. The summed E-state index contributed by atoms with van der Waals surface area (Å²) in [4.78, 5) is 35.7. The Balaban J connectivity index is 2.32. The van der Waals surface area contributed by atoms with E-state index in [9.17, 15) is 14.4 Å². The van der Waals surface area contributed by atoms with Gasteiger partial charge in [-0.25, -0.2) is 4.79 Å². The summed E-state index contributed by atoms with van der Waals surface area (Å²) in [5, 5.41) is 11.8. The highest BCUT2D eigenvalue weighted by molar-refractivity contribution is 5.93. The fourth-order valence-electron chi connectivity index (χ4n) is 2.29. The minimum atomic E-state index is -1.31. The van der Waals surface area contributed by atoms with E-state index in [4.69, 9.17) is 5.11 Å². The number of carbonyl (C=O) groups excluding carboxylic acids is 1. The Bertz CT molecular complexity index is 806. The second kappa shape index (κ2) is 6.48. The molecule has 0 radical (unpaired) electrons. The number of amides is 1. The number of nitrogens with one attached hydrogen (secondary N) is 1. The Morgan fingerprint density at radius 3 is 2.26 bits per heavy atom. The summed E-state index contributed by atoms with van der Waals surface area (Å²) in [5.74, 6) is -1.70. The highest BCUT2D eigenvalue weighted by atomic mass is 16.4. The first kappa shape index (κ1) is 16.5. The summed E-state index contributed by atoms with van der Waals surface area (Å²) in [5.41, 5.74) is 1.16. The van der Waals surface area contributed by atoms with Gasteiger partial charge >= 0.3 is 5.97 Å². The van der Waals surface area contributed by atoms with Crippen LogP contribution in [0.2, 0.25) is 0 Å². The van der Waals surface area contributed by atoms with Gasteiger partial charge in [0.25, 0.3) is 5.56 Å². The third-order valence-corrected chi connectivity index (χ3v) is 3.64. The van der Waals surface area contributed by atoms with Gasteiger partial charge in [-0.1, -0.05) is 17.7 Å². The molecule has 0 fully saturated rings. The van der Waals surface area contributed by atoms with Gasteiger partial charge in [0.2, 0.25) is 5.91 Å². The van der Waals surface area contributed by atoms with Crippen molar-refractivity contribution >= 4 is 17.6 Å². The molecule has 1 atom stereocenters. The summed E-state index contributed by atoms with van der Waals surface area (Å²) < 4.78 is 1.19. The van der Waals surface area contributed by atoms with Crippen molar-refractivity contribution in [2.75, 3.05) is 5.32 Å². The van der Waals surface area contributed by atoms with Crippen LogP contribution in [0.15, 0.2) is 41.2 Å². The van der Waals surface area contributed by atoms with Gasteiger partial charge in [0.15, 0.2) is 0 Å². The quantitative estimate of drug-likeness (QED) is 0.906. The molecular formula is C17H18N2O4. The van der Waals surface area contributed by atoms with E-state index in [1.54, 1.807) is 26.0 Å². The average Bonchev–Trinajstić information content (AvgIpc) is 2.49. The standard InChI is InChI=1S/C17H18N2O4/c1-10-4-7-13(8-5-10)18-15(20)12(3)19-11(2)6-9-14(16(19)21)17(22)23/h4-9,12H,1-3H3,(H,18,20)(H,22,23). The van der Waals surface area contributed by atoms with Crippen LogP contribution in [-0.2, 0) is 4.79 Å². The van der Waals surface area contributed by atoms with Crippen molar-refractivity contribution in [1.82, 2.24) is 4.57 Å². The van der Waals surface area contributed by atoms with Gasteiger partial charge in [-0.3, -0.25) is 14.2 Å². The van der Waals surface area contributed by atoms with Gasteiger partial charge < -0.3 is 10.4 Å². The SMILES string of the molecule is Cc1ccc(NC(=O)C(C)n2c(C)ccc(C(=O)O)c2=O)cc1. The lowest BCUT2D eigenvalue weighted by molar-refractivity contribution is -0.118. The fourth-order valence-corrected chi connectivity index (χ4v) is 2.29. The summed E-state index contributed by atoms with van der Waals surface area (Å²) >= 11 is 0. The van der Waals surface area contributed by atoms with Gasteiger partial charge in [-0.05, 0) is 45.0 Å². The number of aromatic nitrogens is 1. The third kappa shape index (κ3) is 3.48. The van der Waals surface area contributed by atoms with Crippen molar-refractivity contribution in [3.05, 3.63) is 63.6 Å². The molecule has 1 amide bonds. The molecule has 0 spiro atoms. The Hall–Kier alpha value is -2.89. The Kier molecular flexibility index (Phi) is 4.64. The van der Waals surface area contributed by atoms with Crippen LogP contribution in [0.4, 0.5) is 5.69 Å². The van der Waals surface area contributed by atoms with E-state index in [1.807, 2.05) is 19.1 Å². The zero-order chi connectivity index (χ0) is 17.1. The monoisotopic (exact) mass is 314 g/mol. The number of pyridine rings is 1. The molecule has 0 saturated heterocycles. The number of carbonyl (C=O) groups is 2. The predicted molar refractivity (Wildman–Crippen MR) is 86.9 cm³/mol. The molecule has 2 N–H and O–H groups in total. The maximum atomic E-state index is 12.4. The number of aromatic carboxylic acids is 1. The molecule has 23 heavy (non-hydrogen) atoms. The van der Waals surface area contributed by atoms with Crippen LogP contribution in [-0.4, -0.2) is 21.6 Å². The molecule has 0 bridgehead atoms. The maximum Gasteiger partial charge on any atom is 0.341 e. The lowest BCUT2D eigenvalue weighted by Gasteiger charge is -2.18. The van der Waals surface area contributed by atoms with Crippen LogP contribution in [0.5, 0.6) is 0 Å². The largest absolute Gasteiger partial charge is 0.477 e. The van der Waals surface area contributed by atoms with Crippen LogP contribution in [0.25, 0.3) is 0 Å². The number of nitrogens with zero attached hydrogens (tertiary/aromatic N) is 1. The van der Waals surface area contributed by atoms with E-state index in [0.717, 1.165) is 5.56 Å². The summed E-state index contributed by atoms with van der Waals surface area (Å²) in [7, 11) is 0. The summed E-state index contributed by atoms with van der Waals surface area (Å²) in [6.45, 7) is 5.15. The maximum absolute atomic E-state index is 12.4. The predicted octanol–water partition coefficient (Wildman–Crippen LogP) is 2.36.